The summed E-state index contributed by atoms with van der Waals surface area (Å²) in [5, 5.41) is 8.45. The molecule has 0 N–H and O–H groups in total. The van der Waals surface area contributed by atoms with Crippen LogP contribution in [0.2, 0.25) is 0 Å². The van der Waals surface area contributed by atoms with Crippen LogP contribution in [-0.4, -0.2) is 20.9 Å². The van der Waals surface area contributed by atoms with Crippen LogP contribution in [0.15, 0.2) is 6.20 Å². The SMILES string of the molecule is ClCCCc1cn(CC2CC3CCC2C3)nn1. The summed E-state index contributed by atoms with van der Waals surface area (Å²) in [6, 6.07) is 0. The molecule has 2 fully saturated rings. The van der Waals surface area contributed by atoms with Crippen LogP contribution in [0, 0.1) is 17.8 Å². The molecule has 0 aliphatic heterocycles. The second kappa shape index (κ2) is 4.97. The molecule has 0 amide bonds. The first-order chi connectivity index (χ1) is 8.35. The van der Waals surface area contributed by atoms with Crippen molar-refractivity contribution < 1.29 is 0 Å². The number of aryl methyl sites for hydroxylation is 1. The van der Waals surface area contributed by atoms with Gasteiger partial charge in [0.15, 0.2) is 0 Å². The number of nitrogens with zero attached hydrogens (tertiary/aromatic N) is 3. The number of hydrogen-bond acceptors (Lipinski definition) is 2. The first-order valence-electron chi connectivity index (χ1n) is 6.80. The maximum absolute atomic E-state index is 5.68. The molecule has 0 spiro atoms. The maximum atomic E-state index is 5.68. The average Bonchev–Trinajstić information content (AvgIpc) is 3.02. The monoisotopic (exact) mass is 253 g/mol. The molecular formula is C13H20ClN3. The van der Waals surface area contributed by atoms with Crippen molar-refractivity contribution in [3.8, 4) is 0 Å². The van der Waals surface area contributed by atoms with Crippen molar-refractivity contribution in [3.63, 3.8) is 0 Å². The van der Waals surface area contributed by atoms with E-state index < -0.39 is 0 Å². The molecule has 1 aromatic rings. The zero-order valence-corrected chi connectivity index (χ0v) is 10.9. The van der Waals surface area contributed by atoms with Gasteiger partial charge in [-0.05, 0) is 49.9 Å². The first kappa shape index (κ1) is 11.5. The lowest BCUT2D eigenvalue weighted by atomic mass is 9.89. The van der Waals surface area contributed by atoms with Crippen LogP contribution < -0.4 is 0 Å². The molecule has 2 bridgehead atoms. The highest BCUT2D eigenvalue weighted by Crippen LogP contribution is 2.48. The maximum Gasteiger partial charge on any atom is 0.0827 e. The second-order valence-corrected chi connectivity index (χ2v) is 6.04. The fourth-order valence-corrected chi connectivity index (χ4v) is 3.76. The molecule has 2 saturated carbocycles. The van der Waals surface area contributed by atoms with Gasteiger partial charge in [0.2, 0.25) is 0 Å². The van der Waals surface area contributed by atoms with Gasteiger partial charge < -0.3 is 0 Å². The Hall–Kier alpha value is -0.570. The van der Waals surface area contributed by atoms with Gasteiger partial charge in [0.05, 0.1) is 5.69 Å². The van der Waals surface area contributed by atoms with E-state index in [1.807, 2.05) is 0 Å². The minimum atomic E-state index is 0.708. The first-order valence-corrected chi connectivity index (χ1v) is 7.33. The largest absolute Gasteiger partial charge is 0.252 e. The summed E-state index contributed by atoms with van der Waals surface area (Å²) in [7, 11) is 0. The van der Waals surface area contributed by atoms with Crippen LogP contribution in [0.3, 0.4) is 0 Å². The molecule has 4 heteroatoms. The van der Waals surface area contributed by atoms with Crippen molar-refractivity contribution in [3.05, 3.63) is 11.9 Å². The van der Waals surface area contributed by atoms with E-state index in [1.165, 1.54) is 25.7 Å². The van der Waals surface area contributed by atoms with Gasteiger partial charge in [0, 0.05) is 18.6 Å². The highest BCUT2D eigenvalue weighted by Gasteiger charge is 2.39. The Morgan fingerprint density at radius 1 is 1.35 bits per heavy atom. The lowest BCUT2D eigenvalue weighted by Gasteiger charge is -2.20. The topological polar surface area (TPSA) is 30.7 Å². The highest BCUT2D eigenvalue weighted by molar-refractivity contribution is 6.17. The zero-order chi connectivity index (χ0) is 11.7. The van der Waals surface area contributed by atoms with Crippen molar-refractivity contribution >= 4 is 11.6 Å². The predicted octanol–water partition coefficient (Wildman–Crippen LogP) is 2.89. The smallest absolute Gasteiger partial charge is 0.0827 e. The van der Waals surface area contributed by atoms with Crippen LogP contribution in [-0.2, 0) is 13.0 Å². The van der Waals surface area contributed by atoms with Crippen LogP contribution in [0.5, 0.6) is 0 Å². The Labute approximate surface area is 108 Å². The summed E-state index contributed by atoms with van der Waals surface area (Å²) in [6.07, 6.45) is 9.87. The van der Waals surface area contributed by atoms with Gasteiger partial charge in [-0.3, -0.25) is 4.68 Å². The van der Waals surface area contributed by atoms with Gasteiger partial charge in [0.1, 0.15) is 0 Å². The third kappa shape index (κ3) is 2.49. The Bertz CT molecular complexity index is 376. The third-order valence-electron chi connectivity index (χ3n) is 4.46. The van der Waals surface area contributed by atoms with Gasteiger partial charge in [0.25, 0.3) is 0 Å². The molecule has 3 nitrogen and oxygen atoms in total. The number of hydrogen-bond donors (Lipinski definition) is 0. The Morgan fingerprint density at radius 3 is 3.00 bits per heavy atom. The molecule has 3 rings (SSSR count). The summed E-state index contributed by atoms with van der Waals surface area (Å²) in [5.41, 5.74) is 1.09. The van der Waals surface area contributed by atoms with Crippen LogP contribution in [0.25, 0.3) is 0 Å². The minimum absolute atomic E-state index is 0.708. The predicted molar refractivity (Wildman–Crippen MR) is 68.0 cm³/mol. The molecule has 0 aromatic carbocycles. The van der Waals surface area contributed by atoms with Crippen molar-refractivity contribution in [1.29, 1.82) is 0 Å². The van der Waals surface area contributed by atoms with Crippen molar-refractivity contribution in [1.82, 2.24) is 15.0 Å². The van der Waals surface area contributed by atoms with Crippen LogP contribution in [0.4, 0.5) is 0 Å². The lowest BCUT2D eigenvalue weighted by molar-refractivity contribution is 0.283. The van der Waals surface area contributed by atoms with E-state index in [0.717, 1.165) is 42.8 Å². The van der Waals surface area contributed by atoms with Crippen molar-refractivity contribution in [2.75, 3.05) is 5.88 Å². The molecule has 94 valence electrons. The molecule has 0 radical (unpaired) electrons. The van der Waals surface area contributed by atoms with Gasteiger partial charge in [-0.1, -0.05) is 11.6 Å². The number of alkyl halides is 1. The summed E-state index contributed by atoms with van der Waals surface area (Å²) < 4.78 is 2.05. The molecule has 3 unspecified atom stereocenters. The van der Waals surface area contributed by atoms with Crippen molar-refractivity contribution in [2.24, 2.45) is 17.8 Å². The van der Waals surface area contributed by atoms with E-state index in [9.17, 15) is 0 Å². The fourth-order valence-electron chi connectivity index (χ4n) is 3.63. The molecule has 1 heterocycles. The third-order valence-corrected chi connectivity index (χ3v) is 4.73. The number of aromatic nitrogens is 3. The molecule has 2 aliphatic carbocycles. The fraction of sp³-hybridized carbons (Fsp3) is 0.846. The lowest BCUT2D eigenvalue weighted by Crippen LogP contribution is -2.17. The number of rotatable bonds is 5. The minimum Gasteiger partial charge on any atom is -0.252 e. The molecule has 2 aliphatic rings. The molecule has 3 atom stereocenters. The highest BCUT2D eigenvalue weighted by atomic mass is 35.5. The molecule has 1 aromatic heterocycles. The van der Waals surface area contributed by atoms with E-state index in [1.54, 1.807) is 0 Å². The van der Waals surface area contributed by atoms with Crippen LogP contribution in [0.1, 0.15) is 37.8 Å². The molecular weight excluding hydrogens is 234 g/mol. The van der Waals surface area contributed by atoms with Gasteiger partial charge in [-0.2, -0.15) is 0 Å². The van der Waals surface area contributed by atoms with E-state index in [-0.39, 0.29) is 0 Å². The Morgan fingerprint density at radius 2 is 2.29 bits per heavy atom. The van der Waals surface area contributed by atoms with Gasteiger partial charge >= 0.3 is 0 Å². The Kier molecular flexibility index (Phi) is 3.37. The van der Waals surface area contributed by atoms with E-state index in [0.29, 0.717) is 5.88 Å². The van der Waals surface area contributed by atoms with Gasteiger partial charge in [-0.25, -0.2) is 0 Å². The molecule has 0 saturated heterocycles. The Balaban J connectivity index is 1.56. The van der Waals surface area contributed by atoms with Crippen molar-refractivity contribution in [2.45, 2.75) is 45.1 Å². The number of fused-ring (bicyclic) bond motifs is 2. The standard InChI is InChI=1S/C13H20ClN3/c14-5-1-2-13-9-17(16-15-13)8-12-7-10-3-4-11(12)6-10/h9-12H,1-8H2. The molecule has 17 heavy (non-hydrogen) atoms. The van der Waals surface area contributed by atoms with E-state index in [2.05, 4.69) is 21.2 Å². The summed E-state index contributed by atoms with van der Waals surface area (Å²) in [6.45, 7) is 1.08. The number of halogens is 1. The van der Waals surface area contributed by atoms with Gasteiger partial charge in [-0.15, -0.1) is 16.7 Å². The zero-order valence-electron chi connectivity index (χ0n) is 10.2. The normalized spacial score (nSPS) is 31.2. The summed E-state index contributed by atoms with van der Waals surface area (Å²) in [5.74, 6) is 3.55. The van der Waals surface area contributed by atoms with E-state index in [4.69, 9.17) is 11.6 Å². The van der Waals surface area contributed by atoms with E-state index >= 15 is 0 Å². The quantitative estimate of drug-likeness (QED) is 0.756. The summed E-state index contributed by atoms with van der Waals surface area (Å²) >= 11 is 5.68. The summed E-state index contributed by atoms with van der Waals surface area (Å²) in [4.78, 5) is 0. The average molecular weight is 254 g/mol. The second-order valence-electron chi connectivity index (χ2n) is 5.66. The van der Waals surface area contributed by atoms with Crippen LogP contribution >= 0.6 is 11.6 Å².